The zero-order valence-electron chi connectivity index (χ0n) is 14.5. The SMILES string of the molecule is CC(C)COc1cccc(C(=O)NC(=S)NCc2ccc(Cl)cc2Cl)c1. The van der Waals surface area contributed by atoms with Crippen LogP contribution >= 0.6 is 35.4 Å². The minimum Gasteiger partial charge on any atom is -0.493 e. The Hall–Kier alpha value is -1.82. The highest BCUT2D eigenvalue weighted by Crippen LogP contribution is 2.20. The molecule has 26 heavy (non-hydrogen) atoms. The van der Waals surface area contributed by atoms with Crippen LogP contribution < -0.4 is 15.4 Å². The summed E-state index contributed by atoms with van der Waals surface area (Å²) in [6.07, 6.45) is 0. The summed E-state index contributed by atoms with van der Waals surface area (Å²) in [5.74, 6) is 0.752. The Labute approximate surface area is 168 Å². The summed E-state index contributed by atoms with van der Waals surface area (Å²) >= 11 is 17.2. The third-order valence-electron chi connectivity index (χ3n) is 3.36. The van der Waals surface area contributed by atoms with E-state index in [1.807, 2.05) is 6.07 Å². The van der Waals surface area contributed by atoms with Crippen molar-refractivity contribution in [1.29, 1.82) is 0 Å². The van der Waals surface area contributed by atoms with Gasteiger partial charge < -0.3 is 10.1 Å². The number of carbonyl (C=O) groups excluding carboxylic acids is 1. The molecule has 0 fully saturated rings. The van der Waals surface area contributed by atoms with E-state index in [4.69, 9.17) is 40.2 Å². The Morgan fingerprint density at radius 1 is 1.19 bits per heavy atom. The molecular weight excluding hydrogens is 391 g/mol. The van der Waals surface area contributed by atoms with E-state index >= 15 is 0 Å². The van der Waals surface area contributed by atoms with Gasteiger partial charge in [0.05, 0.1) is 6.61 Å². The lowest BCUT2D eigenvalue weighted by Gasteiger charge is -2.12. The molecular formula is C19H20Cl2N2O2S. The largest absolute Gasteiger partial charge is 0.493 e. The normalized spacial score (nSPS) is 10.5. The summed E-state index contributed by atoms with van der Waals surface area (Å²) in [5.41, 5.74) is 1.30. The van der Waals surface area contributed by atoms with Crippen LogP contribution in [0.15, 0.2) is 42.5 Å². The first-order valence-electron chi connectivity index (χ1n) is 8.11. The Bertz CT molecular complexity index is 797. The first-order valence-corrected chi connectivity index (χ1v) is 9.27. The van der Waals surface area contributed by atoms with Gasteiger partial charge in [0.2, 0.25) is 0 Å². The molecule has 0 bridgehead atoms. The van der Waals surface area contributed by atoms with E-state index in [0.717, 1.165) is 5.56 Å². The average molecular weight is 411 g/mol. The van der Waals surface area contributed by atoms with Crippen LogP contribution in [0.5, 0.6) is 5.75 Å². The topological polar surface area (TPSA) is 50.4 Å². The van der Waals surface area contributed by atoms with E-state index in [1.165, 1.54) is 0 Å². The number of rotatable bonds is 6. The van der Waals surface area contributed by atoms with E-state index in [-0.39, 0.29) is 11.0 Å². The fourth-order valence-electron chi connectivity index (χ4n) is 2.05. The third-order valence-corrected chi connectivity index (χ3v) is 4.19. The van der Waals surface area contributed by atoms with Crippen molar-refractivity contribution in [2.24, 2.45) is 5.92 Å². The van der Waals surface area contributed by atoms with Gasteiger partial charge in [-0.25, -0.2) is 0 Å². The summed E-state index contributed by atoms with van der Waals surface area (Å²) in [7, 11) is 0. The molecule has 2 aromatic rings. The molecule has 0 aliphatic rings. The minimum atomic E-state index is -0.306. The van der Waals surface area contributed by atoms with E-state index < -0.39 is 0 Å². The van der Waals surface area contributed by atoms with Gasteiger partial charge in [0.1, 0.15) is 5.75 Å². The smallest absolute Gasteiger partial charge is 0.257 e. The van der Waals surface area contributed by atoms with Gasteiger partial charge in [0.15, 0.2) is 5.11 Å². The second-order valence-electron chi connectivity index (χ2n) is 6.11. The minimum absolute atomic E-state index is 0.217. The van der Waals surface area contributed by atoms with Crippen LogP contribution in [0.3, 0.4) is 0 Å². The summed E-state index contributed by atoms with van der Waals surface area (Å²) < 4.78 is 5.64. The van der Waals surface area contributed by atoms with Crippen molar-refractivity contribution in [3.05, 3.63) is 63.6 Å². The molecule has 0 unspecified atom stereocenters. The highest BCUT2D eigenvalue weighted by atomic mass is 35.5. The zero-order chi connectivity index (χ0) is 19.1. The molecule has 0 aromatic heterocycles. The van der Waals surface area contributed by atoms with E-state index in [0.29, 0.717) is 40.4 Å². The lowest BCUT2D eigenvalue weighted by Crippen LogP contribution is -2.38. The summed E-state index contributed by atoms with van der Waals surface area (Å²) in [4.78, 5) is 12.3. The molecule has 0 radical (unpaired) electrons. The number of carbonyl (C=O) groups is 1. The van der Waals surface area contributed by atoms with Crippen LogP contribution in [-0.4, -0.2) is 17.6 Å². The number of hydrogen-bond donors (Lipinski definition) is 2. The van der Waals surface area contributed by atoms with E-state index in [1.54, 1.807) is 36.4 Å². The van der Waals surface area contributed by atoms with Crippen molar-refractivity contribution in [1.82, 2.24) is 10.6 Å². The number of nitrogens with one attached hydrogen (secondary N) is 2. The summed E-state index contributed by atoms with van der Waals surface area (Å²) in [6, 6.07) is 12.2. The average Bonchev–Trinajstić information content (AvgIpc) is 2.59. The molecule has 2 aromatic carbocycles. The molecule has 0 spiro atoms. The second kappa shape index (κ2) is 9.76. The van der Waals surface area contributed by atoms with Gasteiger partial charge in [-0.2, -0.15) is 0 Å². The quantitative estimate of drug-likeness (QED) is 0.669. The van der Waals surface area contributed by atoms with Crippen LogP contribution in [0.25, 0.3) is 0 Å². The third kappa shape index (κ3) is 6.48. The van der Waals surface area contributed by atoms with Crippen molar-refractivity contribution >= 4 is 46.4 Å². The van der Waals surface area contributed by atoms with Crippen molar-refractivity contribution < 1.29 is 9.53 Å². The lowest BCUT2D eigenvalue weighted by atomic mass is 10.2. The van der Waals surface area contributed by atoms with Crippen LogP contribution in [0, 0.1) is 5.92 Å². The predicted octanol–water partition coefficient (Wildman–Crippen LogP) is 4.83. The molecule has 0 saturated carbocycles. The Morgan fingerprint density at radius 2 is 1.96 bits per heavy atom. The fourth-order valence-corrected chi connectivity index (χ4v) is 2.69. The molecule has 0 aliphatic carbocycles. The van der Waals surface area contributed by atoms with Crippen LogP contribution in [0.4, 0.5) is 0 Å². The fraction of sp³-hybridized carbons (Fsp3) is 0.263. The van der Waals surface area contributed by atoms with Crippen LogP contribution in [0.1, 0.15) is 29.8 Å². The van der Waals surface area contributed by atoms with Crippen molar-refractivity contribution in [2.75, 3.05) is 6.61 Å². The molecule has 2 rings (SSSR count). The first-order chi connectivity index (χ1) is 12.3. The standard InChI is InChI=1S/C19H20Cl2N2O2S/c1-12(2)11-25-16-5-3-4-13(8-16)18(24)23-19(26)22-10-14-6-7-15(20)9-17(14)21/h3-9,12H,10-11H2,1-2H3,(H2,22,23,24,26). The molecule has 138 valence electrons. The number of amides is 1. The van der Waals surface area contributed by atoms with Gasteiger partial charge in [-0.1, -0.05) is 49.2 Å². The molecule has 0 saturated heterocycles. The van der Waals surface area contributed by atoms with Crippen molar-refractivity contribution in [3.8, 4) is 5.75 Å². The highest BCUT2D eigenvalue weighted by Gasteiger charge is 2.10. The summed E-state index contributed by atoms with van der Waals surface area (Å²) in [6.45, 7) is 5.10. The molecule has 0 heterocycles. The maximum atomic E-state index is 12.3. The number of halogens is 2. The van der Waals surface area contributed by atoms with Gasteiger partial charge in [0.25, 0.3) is 5.91 Å². The maximum absolute atomic E-state index is 12.3. The Morgan fingerprint density at radius 3 is 2.65 bits per heavy atom. The van der Waals surface area contributed by atoms with Crippen LogP contribution in [-0.2, 0) is 6.54 Å². The lowest BCUT2D eigenvalue weighted by molar-refractivity contribution is 0.0976. The van der Waals surface area contributed by atoms with Gasteiger partial charge in [0, 0.05) is 22.2 Å². The monoisotopic (exact) mass is 410 g/mol. The Kier molecular flexibility index (Phi) is 7.69. The highest BCUT2D eigenvalue weighted by molar-refractivity contribution is 7.80. The van der Waals surface area contributed by atoms with Gasteiger partial charge in [-0.05, 0) is 54.0 Å². The maximum Gasteiger partial charge on any atom is 0.257 e. The Balaban J connectivity index is 1.90. The van der Waals surface area contributed by atoms with E-state index in [2.05, 4.69) is 24.5 Å². The first kappa shape index (κ1) is 20.5. The molecule has 2 N–H and O–H groups in total. The number of benzene rings is 2. The van der Waals surface area contributed by atoms with Gasteiger partial charge >= 0.3 is 0 Å². The second-order valence-corrected chi connectivity index (χ2v) is 7.36. The van der Waals surface area contributed by atoms with Crippen molar-refractivity contribution in [2.45, 2.75) is 20.4 Å². The molecule has 7 heteroatoms. The number of hydrogen-bond acceptors (Lipinski definition) is 3. The summed E-state index contributed by atoms with van der Waals surface area (Å²) in [5, 5.41) is 6.92. The van der Waals surface area contributed by atoms with E-state index in [9.17, 15) is 4.79 Å². The van der Waals surface area contributed by atoms with Crippen molar-refractivity contribution in [3.63, 3.8) is 0 Å². The zero-order valence-corrected chi connectivity index (χ0v) is 16.8. The number of ether oxygens (including phenoxy) is 1. The number of thiocarbonyl (C=S) groups is 1. The molecule has 0 atom stereocenters. The van der Waals surface area contributed by atoms with Gasteiger partial charge in [-0.3, -0.25) is 10.1 Å². The predicted molar refractivity (Wildman–Crippen MR) is 110 cm³/mol. The molecule has 0 aliphatic heterocycles. The molecule has 4 nitrogen and oxygen atoms in total. The van der Waals surface area contributed by atoms with Gasteiger partial charge in [-0.15, -0.1) is 0 Å². The van der Waals surface area contributed by atoms with Crippen LogP contribution in [0.2, 0.25) is 10.0 Å². The molecule has 1 amide bonds.